The van der Waals surface area contributed by atoms with E-state index in [2.05, 4.69) is 37.9 Å². The number of H-pyrrole nitrogens is 1. The Labute approximate surface area is 219 Å². The molecule has 0 saturated carbocycles. The van der Waals surface area contributed by atoms with E-state index in [0.717, 1.165) is 47.6 Å². The molecule has 1 aliphatic heterocycles. The van der Waals surface area contributed by atoms with Crippen LogP contribution in [0.2, 0.25) is 0 Å². The number of benzene rings is 2. The largest absolute Gasteiger partial charge is 0.324 e. The molecule has 3 N–H and O–H groups in total. The lowest BCUT2D eigenvalue weighted by Gasteiger charge is -2.30. The Balaban J connectivity index is 1.02. The molecule has 2 aliphatic rings. The van der Waals surface area contributed by atoms with Crippen LogP contribution >= 0.6 is 11.3 Å². The number of carbonyl (C=O) groups is 2. The molecule has 9 heteroatoms. The minimum absolute atomic E-state index is 0.155. The van der Waals surface area contributed by atoms with Gasteiger partial charge in [0.05, 0.1) is 10.7 Å². The number of hydrogen-bond donors (Lipinski definition) is 3. The van der Waals surface area contributed by atoms with Gasteiger partial charge in [0, 0.05) is 36.1 Å². The number of thiazole rings is 1. The number of fused-ring (bicyclic) bond motifs is 1. The van der Waals surface area contributed by atoms with Crippen molar-refractivity contribution in [3.63, 3.8) is 0 Å². The van der Waals surface area contributed by atoms with E-state index in [9.17, 15) is 9.59 Å². The fourth-order valence-electron chi connectivity index (χ4n) is 5.09. The number of aromatic nitrogens is 3. The summed E-state index contributed by atoms with van der Waals surface area (Å²) in [5.41, 5.74) is 5.86. The van der Waals surface area contributed by atoms with E-state index in [-0.39, 0.29) is 17.9 Å². The number of rotatable bonds is 5. The molecule has 0 atom stereocenters. The summed E-state index contributed by atoms with van der Waals surface area (Å²) in [6.45, 7) is 1.26. The van der Waals surface area contributed by atoms with Gasteiger partial charge in [0.2, 0.25) is 0 Å². The summed E-state index contributed by atoms with van der Waals surface area (Å²) in [7, 11) is 0. The second-order valence-corrected chi connectivity index (χ2v) is 10.5. The summed E-state index contributed by atoms with van der Waals surface area (Å²) in [5.74, 6) is 0.571. The monoisotopic (exact) mass is 512 g/mol. The van der Waals surface area contributed by atoms with Crippen molar-refractivity contribution in [2.24, 2.45) is 0 Å². The van der Waals surface area contributed by atoms with Crippen molar-refractivity contribution in [3.05, 3.63) is 81.8 Å². The summed E-state index contributed by atoms with van der Waals surface area (Å²) in [6.07, 6.45) is 5.00. The Morgan fingerprint density at radius 2 is 1.78 bits per heavy atom. The van der Waals surface area contributed by atoms with Crippen molar-refractivity contribution >= 4 is 34.8 Å². The Morgan fingerprint density at radius 1 is 0.973 bits per heavy atom. The third-order valence-corrected chi connectivity index (χ3v) is 8.15. The van der Waals surface area contributed by atoms with Crippen molar-refractivity contribution in [2.75, 3.05) is 23.7 Å². The summed E-state index contributed by atoms with van der Waals surface area (Å²) in [6, 6.07) is 17.7. The highest BCUT2D eigenvalue weighted by molar-refractivity contribution is 7.10. The molecule has 2 aromatic heterocycles. The number of piperidine rings is 1. The highest BCUT2D eigenvalue weighted by atomic mass is 32.1. The van der Waals surface area contributed by atoms with Gasteiger partial charge < -0.3 is 10.2 Å². The molecule has 4 aromatic rings. The van der Waals surface area contributed by atoms with Gasteiger partial charge >= 0.3 is 6.03 Å². The molecular weight excluding hydrogens is 484 g/mol. The van der Waals surface area contributed by atoms with Gasteiger partial charge in [-0.1, -0.05) is 36.4 Å². The van der Waals surface area contributed by atoms with Crippen LogP contribution in [0.3, 0.4) is 0 Å². The number of urea groups is 1. The maximum absolute atomic E-state index is 12.8. The molecule has 1 fully saturated rings. The number of nitrogens with zero attached hydrogens (tertiary/aromatic N) is 3. The summed E-state index contributed by atoms with van der Waals surface area (Å²) >= 11 is 1.52. The van der Waals surface area contributed by atoms with E-state index in [1.54, 1.807) is 0 Å². The lowest BCUT2D eigenvalue weighted by Crippen LogP contribution is -2.40. The molecule has 8 nitrogen and oxygen atoms in total. The predicted octanol–water partition coefficient (Wildman–Crippen LogP) is 5.69. The molecule has 0 unspecified atom stereocenters. The first kappa shape index (κ1) is 23.4. The minimum atomic E-state index is -0.175. The van der Waals surface area contributed by atoms with Crippen molar-refractivity contribution in [1.82, 2.24) is 20.1 Å². The number of nitrogens with one attached hydrogen (secondary N) is 3. The number of carbonyl (C=O) groups excluding carboxylic acids is 2. The maximum atomic E-state index is 12.8. The van der Waals surface area contributed by atoms with E-state index >= 15 is 0 Å². The first-order chi connectivity index (χ1) is 18.1. The van der Waals surface area contributed by atoms with E-state index < -0.39 is 0 Å². The standard InChI is InChI=1S/C28H28N6O2S/c35-26(29-22-10-9-18-7-4-8-21(18)15-22)24-17-37-27(30-24)20-11-13-34(14-12-20)28(36)31-25-16-23(32-33-25)19-5-2-1-3-6-19/h1-3,5-6,9-10,15-17,20H,4,7-8,11-14H2,(H,29,35)(H2,31,32,33,36). The van der Waals surface area contributed by atoms with Gasteiger partial charge in [-0.05, 0) is 60.9 Å². The number of aryl methyl sites for hydroxylation is 2. The zero-order chi connectivity index (χ0) is 25.2. The molecule has 0 radical (unpaired) electrons. The van der Waals surface area contributed by atoms with Crippen LogP contribution in [0.4, 0.5) is 16.3 Å². The van der Waals surface area contributed by atoms with E-state index in [1.807, 2.05) is 52.7 Å². The van der Waals surface area contributed by atoms with Crippen LogP contribution in [0.15, 0.2) is 60.0 Å². The first-order valence-electron chi connectivity index (χ1n) is 12.7. The smallest absolute Gasteiger partial charge is 0.323 e. The van der Waals surface area contributed by atoms with Crippen molar-refractivity contribution in [1.29, 1.82) is 0 Å². The highest BCUT2D eigenvalue weighted by Gasteiger charge is 2.27. The third-order valence-electron chi connectivity index (χ3n) is 7.14. The number of hydrogen-bond acceptors (Lipinski definition) is 5. The average molecular weight is 513 g/mol. The summed E-state index contributed by atoms with van der Waals surface area (Å²) in [5, 5.41) is 15.9. The van der Waals surface area contributed by atoms with Gasteiger partial charge in [-0.25, -0.2) is 9.78 Å². The van der Waals surface area contributed by atoms with E-state index in [1.165, 1.54) is 28.9 Å². The Kier molecular flexibility index (Phi) is 6.44. The minimum Gasteiger partial charge on any atom is -0.324 e. The van der Waals surface area contributed by atoms with Crippen LogP contribution in [0.25, 0.3) is 11.3 Å². The van der Waals surface area contributed by atoms with Gasteiger partial charge in [0.15, 0.2) is 5.82 Å². The molecule has 6 rings (SSSR count). The van der Waals surface area contributed by atoms with Gasteiger partial charge in [-0.3, -0.25) is 15.2 Å². The number of likely N-dealkylation sites (tertiary alicyclic amines) is 1. The quantitative estimate of drug-likeness (QED) is 0.320. The highest BCUT2D eigenvalue weighted by Crippen LogP contribution is 2.31. The fourth-order valence-corrected chi connectivity index (χ4v) is 6.06. The van der Waals surface area contributed by atoms with E-state index in [4.69, 9.17) is 0 Å². The SMILES string of the molecule is O=C(Nc1ccc2c(c1)CCC2)c1csc(C2CCN(C(=O)Nc3cc(-c4ccccc4)[nH]n3)CC2)n1. The van der Waals surface area contributed by atoms with Crippen LogP contribution in [-0.2, 0) is 12.8 Å². The molecule has 37 heavy (non-hydrogen) atoms. The zero-order valence-corrected chi connectivity index (χ0v) is 21.2. The Bertz CT molecular complexity index is 1420. The van der Waals surface area contributed by atoms with Crippen LogP contribution < -0.4 is 10.6 Å². The van der Waals surface area contributed by atoms with E-state index in [0.29, 0.717) is 24.6 Å². The molecule has 1 saturated heterocycles. The van der Waals surface area contributed by atoms with Crippen LogP contribution in [-0.4, -0.2) is 45.1 Å². The molecule has 0 bridgehead atoms. The fraction of sp³-hybridized carbons (Fsp3) is 0.286. The van der Waals surface area contributed by atoms with Crippen molar-refractivity contribution < 1.29 is 9.59 Å². The second-order valence-electron chi connectivity index (χ2n) is 9.59. The molecule has 2 aromatic carbocycles. The molecule has 3 heterocycles. The molecular formula is C28H28N6O2S. The topological polar surface area (TPSA) is 103 Å². The van der Waals surface area contributed by atoms with Gasteiger partial charge in [-0.15, -0.1) is 11.3 Å². The molecule has 0 spiro atoms. The number of amides is 3. The number of aromatic amines is 1. The zero-order valence-electron chi connectivity index (χ0n) is 20.4. The van der Waals surface area contributed by atoms with Gasteiger partial charge in [0.1, 0.15) is 5.69 Å². The lowest BCUT2D eigenvalue weighted by molar-refractivity contribution is 0.102. The summed E-state index contributed by atoms with van der Waals surface area (Å²) < 4.78 is 0. The Hall–Kier alpha value is -3.98. The van der Waals surface area contributed by atoms with Crippen LogP contribution in [0, 0.1) is 0 Å². The summed E-state index contributed by atoms with van der Waals surface area (Å²) in [4.78, 5) is 32.0. The van der Waals surface area contributed by atoms with Crippen molar-refractivity contribution in [3.8, 4) is 11.3 Å². The normalized spacial score (nSPS) is 15.4. The number of anilines is 2. The first-order valence-corrected chi connectivity index (χ1v) is 13.6. The predicted molar refractivity (Wildman–Crippen MR) is 145 cm³/mol. The van der Waals surface area contributed by atoms with Gasteiger partial charge in [-0.2, -0.15) is 5.10 Å². The lowest BCUT2D eigenvalue weighted by atomic mass is 9.98. The Morgan fingerprint density at radius 3 is 2.62 bits per heavy atom. The second kappa shape index (κ2) is 10.2. The molecule has 3 amide bonds. The third kappa shape index (κ3) is 5.13. The molecule has 1 aliphatic carbocycles. The maximum Gasteiger partial charge on any atom is 0.323 e. The van der Waals surface area contributed by atoms with Crippen LogP contribution in [0.1, 0.15) is 51.8 Å². The molecule has 188 valence electrons. The van der Waals surface area contributed by atoms with Crippen LogP contribution in [0.5, 0.6) is 0 Å². The van der Waals surface area contributed by atoms with Crippen molar-refractivity contribution in [2.45, 2.75) is 38.0 Å². The van der Waals surface area contributed by atoms with Gasteiger partial charge in [0.25, 0.3) is 5.91 Å². The average Bonchev–Trinajstić information content (AvgIpc) is 3.70.